The molecule has 2 heterocycles. The zero-order valence-corrected chi connectivity index (χ0v) is 12.6. The first-order valence-corrected chi connectivity index (χ1v) is 8.36. The van der Waals surface area contributed by atoms with Crippen molar-refractivity contribution < 1.29 is 4.74 Å². The molecule has 0 aromatic carbocycles. The van der Waals surface area contributed by atoms with Crippen LogP contribution in [0.25, 0.3) is 0 Å². The normalized spacial score (nSPS) is 16.8. The van der Waals surface area contributed by atoms with Crippen molar-refractivity contribution in [2.75, 3.05) is 45.9 Å². The van der Waals surface area contributed by atoms with Gasteiger partial charge in [-0.1, -0.05) is 6.07 Å². The van der Waals surface area contributed by atoms with Crippen LogP contribution >= 0.6 is 11.3 Å². The lowest BCUT2D eigenvalue weighted by molar-refractivity contribution is 0.0374. The molecule has 1 fully saturated rings. The van der Waals surface area contributed by atoms with Crippen molar-refractivity contribution in [1.29, 1.82) is 0 Å². The van der Waals surface area contributed by atoms with Crippen LogP contribution in [0, 0.1) is 0 Å². The largest absolute Gasteiger partial charge is 0.379 e. The summed E-state index contributed by atoms with van der Waals surface area (Å²) >= 11 is 1.87. The minimum absolute atomic E-state index is 0.913. The molecule has 1 saturated heterocycles. The molecule has 0 amide bonds. The molecule has 3 nitrogen and oxygen atoms in total. The highest BCUT2D eigenvalue weighted by molar-refractivity contribution is 7.09. The second-order valence-corrected chi connectivity index (χ2v) is 6.13. The van der Waals surface area contributed by atoms with E-state index in [4.69, 9.17) is 4.74 Å². The van der Waals surface area contributed by atoms with Crippen molar-refractivity contribution in [3.63, 3.8) is 0 Å². The highest BCUT2D eigenvalue weighted by atomic mass is 32.1. The van der Waals surface area contributed by atoms with E-state index in [9.17, 15) is 0 Å². The Hall–Kier alpha value is -0.420. The Kier molecular flexibility index (Phi) is 7.47. The van der Waals surface area contributed by atoms with E-state index in [0.29, 0.717) is 0 Å². The van der Waals surface area contributed by atoms with E-state index in [1.54, 1.807) is 0 Å². The van der Waals surface area contributed by atoms with Gasteiger partial charge in [-0.25, -0.2) is 0 Å². The van der Waals surface area contributed by atoms with Crippen molar-refractivity contribution >= 4 is 11.3 Å². The third-order valence-corrected chi connectivity index (χ3v) is 4.47. The van der Waals surface area contributed by atoms with Crippen LogP contribution < -0.4 is 5.32 Å². The predicted molar refractivity (Wildman–Crippen MR) is 82.0 cm³/mol. The molecule has 0 atom stereocenters. The van der Waals surface area contributed by atoms with Crippen LogP contribution in [0.15, 0.2) is 17.5 Å². The summed E-state index contributed by atoms with van der Waals surface area (Å²) in [4.78, 5) is 4.02. The van der Waals surface area contributed by atoms with Gasteiger partial charge in [-0.15, -0.1) is 11.3 Å². The highest BCUT2D eigenvalue weighted by Crippen LogP contribution is 2.11. The van der Waals surface area contributed by atoms with E-state index in [1.807, 2.05) is 11.3 Å². The van der Waals surface area contributed by atoms with Gasteiger partial charge in [0.1, 0.15) is 0 Å². The van der Waals surface area contributed by atoms with E-state index < -0.39 is 0 Å². The first-order chi connectivity index (χ1) is 9.45. The van der Waals surface area contributed by atoms with Crippen molar-refractivity contribution in [2.24, 2.45) is 0 Å². The van der Waals surface area contributed by atoms with Gasteiger partial charge in [0, 0.05) is 18.0 Å². The van der Waals surface area contributed by atoms with Gasteiger partial charge in [0.25, 0.3) is 0 Å². The minimum Gasteiger partial charge on any atom is -0.379 e. The summed E-state index contributed by atoms with van der Waals surface area (Å²) in [6, 6.07) is 4.38. The lowest BCUT2D eigenvalue weighted by Gasteiger charge is -2.26. The van der Waals surface area contributed by atoms with Crippen molar-refractivity contribution in [2.45, 2.75) is 25.7 Å². The van der Waals surface area contributed by atoms with Gasteiger partial charge in [-0.3, -0.25) is 4.90 Å². The van der Waals surface area contributed by atoms with E-state index in [0.717, 1.165) is 39.4 Å². The molecule has 1 aliphatic rings. The Morgan fingerprint density at radius 1 is 1.16 bits per heavy atom. The summed E-state index contributed by atoms with van der Waals surface area (Å²) in [6.07, 6.45) is 5.09. The Morgan fingerprint density at radius 2 is 2.00 bits per heavy atom. The first-order valence-electron chi connectivity index (χ1n) is 7.48. The highest BCUT2D eigenvalue weighted by Gasteiger charge is 2.08. The summed E-state index contributed by atoms with van der Waals surface area (Å²) in [5.41, 5.74) is 0. The van der Waals surface area contributed by atoms with Gasteiger partial charge in [-0.05, 0) is 56.8 Å². The Bertz CT molecular complexity index is 310. The van der Waals surface area contributed by atoms with Gasteiger partial charge in [0.05, 0.1) is 13.2 Å². The molecule has 1 N–H and O–H groups in total. The molecule has 0 spiro atoms. The summed E-state index contributed by atoms with van der Waals surface area (Å²) in [5.74, 6) is 0. The summed E-state index contributed by atoms with van der Waals surface area (Å²) < 4.78 is 5.35. The van der Waals surface area contributed by atoms with Crippen molar-refractivity contribution in [1.82, 2.24) is 10.2 Å². The minimum atomic E-state index is 0.913. The molecule has 4 heteroatoms. The number of morpholine rings is 1. The molecule has 0 aliphatic carbocycles. The molecule has 1 aliphatic heterocycles. The molecule has 0 unspecified atom stereocenters. The van der Waals surface area contributed by atoms with Crippen LogP contribution in [-0.2, 0) is 11.2 Å². The molecular formula is C15H26N2OS. The molecular weight excluding hydrogens is 256 g/mol. The molecule has 1 aromatic rings. The molecule has 19 heavy (non-hydrogen) atoms. The molecule has 1 aromatic heterocycles. The van der Waals surface area contributed by atoms with Crippen LogP contribution in [0.4, 0.5) is 0 Å². The number of unbranched alkanes of at least 4 members (excludes halogenated alkanes) is 1. The van der Waals surface area contributed by atoms with Gasteiger partial charge < -0.3 is 10.1 Å². The van der Waals surface area contributed by atoms with Gasteiger partial charge in [0.2, 0.25) is 0 Å². The smallest absolute Gasteiger partial charge is 0.0594 e. The topological polar surface area (TPSA) is 24.5 Å². The molecule has 108 valence electrons. The van der Waals surface area contributed by atoms with Gasteiger partial charge in [0.15, 0.2) is 0 Å². The zero-order chi connectivity index (χ0) is 13.2. The lowest BCUT2D eigenvalue weighted by atomic mass is 10.2. The fraction of sp³-hybridized carbons (Fsp3) is 0.733. The number of ether oxygens (including phenoxy) is 1. The summed E-state index contributed by atoms with van der Waals surface area (Å²) in [7, 11) is 0. The molecule has 2 rings (SSSR count). The number of nitrogens with one attached hydrogen (secondary N) is 1. The van der Waals surface area contributed by atoms with Crippen LogP contribution in [0.5, 0.6) is 0 Å². The molecule has 0 radical (unpaired) electrons. The van der Waals surface area contributed by atoms with Crippen molar-refractivity contribution in [3.8, 4) is 0 Å². The maximum absolute atomic E-state index is 5.35. The second-order valence-electron chi connectivity index (χ2n) is 5.09. The van der Waals surface area contributed by atoms with Gasteiger partial charge in [-0.2, -0.15) is 0 Å². The maximum atomic E-state index is 5.35. The number of hydrogen-bond acceptors (Lipinski definition) is 4. The van der Waals surface area contributed by atoms with E-state index in [2.05, 4.69) is 27.7 Å². The fourth-order valence-electron chi connectivity index (χ4n) is 2.38. The second kappa shape index (κ2) is 9.48. The quantitative estimate of drug-likeness (QED) is 0.704. The van der Waals surface area contributed by atoms with Crippen LogP contribution in [-0.4, -0.2) is 50.8 Å². The molecule has 0 saturated carbocycles. The monoisotopic (exact) mass is 282 g/mol. The number of rotatable bonds is 9. The van der Waals surface area contributed by atoms with Crippen molar-refractivity contribution in [3.05, 3.63) is 22.4 Å². The molecule has 0 bridgehead atoms. The first kappa shape index (κ1) is 15.0. The Labute approximate surface area is 121 Å². The van der Waals surface area contributed by atoms with E-state index in [1.165, 1.54) is 37.1 Å². The lowest BCUT2D eigenvalue weighted by Crippen LogP contribution is -2.37. The average Bonchev–Trinajstić information content (AvgIpc) is 2.96. The van der Waals surface area contributed by atoms with Crippen LogP contribution in [0.3, 0.4) is 0 Å². The van der Waals surface area contributed by atoms with Crippen LogP contribution in [0.1, 0.15) is 24.1 Å². The number of aryl methyl sites for hydroxylation is 1. The summed E-state index contributed by atoms with van der Waals surface area (Å²) in [6.45, 7) is 7.57. The fourth-order valence-corrected chi connectivity index (χ4v) is 3.13. The maximum Gasteiger partial charge on any atom is 0.0594 e. The third-order valence-electron chi connectivity index (χ3n) is 3.54. The van der Waals surface area contributed by atoms with Gasteiger partial charge >= 0.3 is 0 Å². The summed E-state index contributed by atoms with van der Waals surface area (Å²) in [5, 5.41) is 5.72. The number of nitrogens with zero attached hydrogens (tertiary/aromatic N) is 1. The number of thiophene rings is 1. The Morgan fingerprint density at radius 3 is 2.79 bits per heavy atom. The van der Waals surface area contributed by atoms with E-state index in [-0.39, 0.29) is 0 Å². The van der Waals surface area contributed by atoms with Crippen LogP contribution in [0.2, 0.25) is 0 Å². The third kappa shape index (κ3) is 6.52. The SMILES string of the molecule is c1csc(CCCCNCCCN2CCOCC2)c1. The van der Waals surface area contributed by atoms with E-state index >= 15 is 0 Å². The average molecular weight is 282 g/mol. The number of hydrogen-bond donors (Lipinski definition) is 1. The zero-order valence-electron chi connectivity index (χ0n) is 11.8. The Balaban J connectivity index is 1.36. The predicted octanol–water partition coefficient (Wildman–Crippen LogP) is 2.38. The standard InChI is InChI=1S/C15H26N2OS/c1(5-15-6-3-14-19-15)2-7-16-8-4-9-17-10-12-18-13-11-17/h3,6,14,16H,1-2,4-5,7-13H2.